The monoisotopic (exact) mass is 444 g/mol. The van der Waals surface area contributed by atoms with Gasteiger partial charge in [0.05, 0.1) is 12.8 Å². The molecule has 1 aliphatic heterocycles. The minimum atomic E-state index is 0.665. The molecular formula is C23H17BrN4O. The van der Waals surface area contributed by atoms with Gasteiger partial charge in [-0.15, -0.1) is 0 Å². The van der Waals surface area contributed by atoms with Crippen molar-refractivity contribution in [3.8, 4) is 17.0 Å². The Morgan fingerprint density at radius 3 is 2.59 bits per heavy atom. The van der Waals surface area contributed by atoms with E-state index in [1.807, 2.05) is 53.3 Å². The van der Waals surface area contributed by atoms with Crippen molar-refractivity contribution >= 4 is 21.6 Å². The zero-order chi connectivity index (χ0) is 19.8. The Bertz CT molecular complexity index is 1220. The molecule has 0 aliphatic carbocycles. The van der Waals surface area contributed by atoms with E-state index in [9.17, 15) is 0 Å². The van der Waals surface area contributed by atoms with Gasteiger partial charge in [-0.1, -0.05) is 36.4 Å². The molecule has 0 bridgehead atoms. The molecule has 2 aromatic heterocycles. The smallest absolute Gasteiger partial charge is 0.136 e. The highest BCUT2D eigenvalue weighted by molar-refractivity contribution is 9.10. The van der Waals surface area contributed by atoms with Crippen LogP contribution >= 0.6 is 15.9 Å². The first-order chi connectivity index (χ1) is 14.2. The molecule has 0 amide bonds. The quantitative estimate of drug-likeness (QED) is 0.396. The van der Waals surface area contributed by atoms with Crippen molar-refractivity contribution in [3.63, 3.8) is 0 Å². The van der Waals surface area contributed by atoms with E-state index in [2.05, 4.69) is 39.1 Å². The first-order valence-corrected chi connectivity index (χ1v) is 10.0. The number of hydrogen-bond donors (Lipinski definition) is 0. The average molecular weight is 445 g/mol. The molecule has 1 aliphatic rings. The van der Waals surface area contributed by atoms with Gasteiger partial charge in [0.2, 0.25) is 0 Å². The first kappa shape index (κ1) is 17.8. The normalized spacial score (nSPS) is 12.6. The number of nitrogens with zero attached hydrogens (tertiary/aromatic N) is 4. The Balaban J connectivity index is 1.80. The molecule has 0 saturated carbocycles. The van der Waals surface area contributed by atoms with Crippen LogP contribution < -0.4 is 4.74 Å². The topological polar surface area (TPSA) is 52.3 Å². The van der Waals surface area contributed by atoms with Crippen LogP contribution in [0.3, 0.4) is 0 Å². The minimum absolute atomic E-state index is 0.665. The fourth-order valence-electron chi connectivity index (χ4n) is 3.59. The molecule has 0 N–H and O–H groups in total. The van der Waals surface area contributed by atoms with Crippen LogP contribution in [-0.2, 0) is 6.42 Å². The molecule has 0 radical (unpaired) electrons. The summed E-state index contributed by atoms with van der Waals surface area (Å²) >= 11 is 3.63. The van der Waals surface area contributed by atoms with Crippen molar-refractivity contribution in [2.24, 2.45) is 5.10 Å². The number of fused-ring (bicyclic) bond motifs is 2. The number of ether oxygens (including phenoxy) is 1. The zero-order valence-corrected chi connectivity index (χ0v) is 17.3. The van der Waals surface area contributed by atoms with E-state index < -0.39 is 0 Å². The SMILES string of the molecule is COc1ccc2c(c1)C(c1ccccc1)=Nn1c(nc(Br)c1-c1cccnc1)C2. The standard InChI is InChI=1S/C23H17BrN4O/c1-29-18-10-9-16-12-20-26-23(24)22(17-8-5-11-25-14-17)28(20)27-21(19(16)13-18)15-6-3-2-4-7-15/h2-11,13-14H,12H2,1H3. The van der Waals surface area contributed by atoms with Crippen LogP contribution in [0.1, 0.15) is 22.5 Å². The third-order valence-corrected chi connectivity index (χ3v) is 5.53. The summed E-state index contributed by atoms with van der Waals surface area (Å²) in [5.74, 6) is 1.67. The Hall–Kier alpha value is -3.25. The lowest BCUT2D eigenvalue weighted by Gasteiger charge is -2.11. The lowest BCUT2D eigenvalue weighted by atomic mass is 9.96. The third-order valence-electron chi connectivity index (χ3n) is 4.98. The highest BCUT2D eigenvalue weighted by Crippen LogP contribution is 2.33. The highest BCUT2D eigenvalue weighted by Gasteiger charge is 2.24. The number of hydrogen-bond acceptors (Lipinski definition) is 4. The van der Waals surface area contributed by atoms with Gasteiger partial charge >= 0.3 is 0 Å². The van der Waals surface area contributed by atoms with E-state index >= 15 is 0 Å². The lowest BCUT2D eigenvalue weighted by molar-refractivity contribution is 0.414. The van der Waals surface area contributed by atoms with Gasteiger partial charge in [-0.25, -0.2) is 9.66 Å². The van der Waals surface area contributed by atoms with E-state index in [4.69, 9.17) is 14.8 Å². The molecule has 0 saturated heterocycles. The van der Waals surface area contributed by atoms with E-state index in [0.29, 0.717) is 6.42 Å². The maximum atomic E-state index is 5.48. The molecule has 5 nitrogen and oxygen atoms in total. The average Bonchev–Trinajstić information content (AvgIpc) is 2.98. The van der Waals surface area contributed by atoms with Gasteiger partial charge in [0, 0.05) is 35.5 Å². The molecule has 0 spiro atoms. The summed E-state index contributed by atoms with van der Waals surface area (Å²) in [4.78, 5) is 9.04. The summed E-state index contributed by atoms with van der Waals surface area (Å²) in [6.45, 7) is 0. The fourth-order valence-corrected chi connectivity index (χ4v) is 4.19. The Kier molecular flexibility index (Phi) is 4.48. The number of rotatable bonds is 3. The number of aromatic nitrogens is 3. The second-order valence-corrected chi connectivity index (χ2v) is 7.49. The Morgan fingerprint density at radius 2 is 1.83 bits per heavy atom. The molecule has 2 aromatic carbocycles. The van der Waals surface area contributed by atoms with Gasteiger partial charge in [0.1, 0.15) is 21.9 Å². The lowest BCUT2D eigenvalue weighted by Crippen LogP contribution is -2.07. The summed E-state index contributed by atoms with van der Waals surface area (Å²) in [5.41, 5.74) is 5.97. The van der Waals surface area contributed by atoms with Crippen LogP contribution in [0.25, 0.3) is 11.3 Å². The number of methoxy groups -OCH3 is 1. The van der Waals surface area contributed by atoms with Crippen molar-refractivity contribution in [1.29, 1.82) is 0 Å². The number of benzene rings is 2. The van der Waals surface area contributed by atoms with Crippen LogP contribution in [-0.4, -0.2) is 27.5 Å². The van der Waals surface area contributed by atoms with E-state index in [1.54, 1.807) is 13.3 Å². The predicted molar refractivity (Wildman–Crippen MR) is 116 cm³/mol. The molecule has 0 unspecified atom stereocenters. The van der Waals surface area contributed by atoms with Gasteiger partial charge in [0.25, 0.3) is 0 Å². The van der Waals surface area contributed by atoms with Crippen LogP contribution in [0.15, 0.2) is 82.8 Å². The molecule has 5 rings (SSSR count). The van der Waals surface area contributed by atoms with Gasteiger partial charge in [-0.3, -0.25) is 4.98 Å². The maximum Gasteiger partial charge on any atom is 0.136 e. The summed E-state index contributed by atoms with van der Waals surface area (Å²) in [5, 5.41) is 5.08. The molecule has 29 heavy (non-hydrogen) atoms. The van der Waals surface area contributed by atoms with Crippen LogP contribution in [0.2, 0.25) is 0 Å². The number of pyridine rings is 1. The Labute approximate surface area is 176 Å². The molecule has 0 atom stereocenters. The van der Waals surface area contributed by atoms with Gasteiger partial charge in [-0.05, 0) is 45.8 Å². The summed E-state index contributed by atoms with van der Waals surface area (Å²) in [6, 6.07) is 20.3. The minimum Gasteiger partial charge on any atom is -0.497 e. The molecule has 0 fully saturated rings. The second kappa shape index (κ2) is 7.29. The molecular weight excluding hydrogens is 428 g/mol. The van der Waals surface area contributed by atoms with Crippen molar-refractivity contribution in [3.05, 3.63) is 100 Å². The number of halogens is 1. The van der Waals surface area contributed by atoms with E-state index in [0.717, 1.165) is 49.8 Å². The summed E-state index contributed by atoms with van der Waals surface area (Å²) in [7, 11) is 1.68. The van der Waals surface area contributed by atoms with E-state index in [-0.39, 0.29) is 0 Å². The first-order valence-electron chi connectivity index (χ1n) is 9.24. The molecule has 142 valence electrons. The molecule has 3 heterocycles. The fraction of sp³-hybridized carbons (Fsp3) is 0.0870. The number of imidazole rings is 1. The van der Waals surface area contributed by atoms with Gasteiger partial charge < -0.3 is 4.74 Å². The predicted octanol–water partition coefficient (Wildman–Crippen LogP) is 4.92. The van der Waals surface area contributed by atoms with Crippen LogP contribution in [0, 0.1) is 0 Å². The molecule has 4 aromatic rings. The Morgan fingerprint density at radius 1 is 1.00 bits per heavy atom. The van der Waals surface area contributed by atoms with Crippen molar-refractivity contribution < 1.29 is 4.74 Å². The maximum absolute atomic E-state index is 5.48. The summed E-state index contributed by atoms with van der Waals surface area (Å²) in [6.07, 6.45) is 4.25. The van der Waals surface area contributed by atoms with E-state index in [1.165, 1.54) is 0 Å². The van der Waals surface area contributed by atoms with Crippen LogP contribution in [0.4, 0.5) is 0 Å². The van der Waals surface area contributed by atoms with Gasteiger partial charge in [-0.2, -0.15) is 5.10 Å². The largest absolute Gasteiger partial charge is 0.497 e. The molecule has 6 heteroatoms. The van der Waals surface area contributed by atoms with Crippen molar-refractivity contribution in [1.82, 2.24) is 14.6 Å². The van der Waals surface area contributed by atoms with Gasteiger partial charge in [0.15, 0.2) is 0 Å². The highest BCUT2D eigenvalue weighted by atomic mass is 79.9. The van der Waals surface area contributed by atoms with Crippen molar-refractivity contribution in [2.75, 3.05) is 7.11 Å². The third kappa shape index (κ3) is 3.15. The van der Waals surface area contributed by atoms with Crippen LogP contribution in [0.5, 0.6) is 5.75 Å². The summed E-state index contributed by atoms with van der Waals surface area (Å²) < 4.78 is 8.17. The second-order valence-electron chi connectivity index (χ2n) is 6.74. The zero-order valence-electron chi connectivity index (χ0n) is 15.7. The van der Waals surface area contributed by atoms with Crippen molar-refractivity contribution in [2.45, 2.75) is 6.42 Å².